The number of H-pyrrole nitrogens is 2. The van der Waals surface area contributed by atoms with Gasteiger partial charge in [-0.2, -0.15) is 0 Å². The number of carbonyl (C=O) groups is 1. The molecule has 0 aliphatic rings. The molecule has 1 unspecified atom stereocenters. The van der Waals surface area contributed by atoms with Crippen molar-refractivity contribution in [3.63, 3.8) is 0 Å². The molecule has 0 radical (unpaired) electrons. The molecule has 0 fully saturated rings. The van der Waals surface area contributed by atoms with Gasteiger partial charge in [0.15, 0.2) is 0 Å². The summed E-state index contributed by atoms with van der Waals surface area (Å²) in [5.41, 5.74) is 1.41. The van der Waals surface area contributed by atoms with Crippen molar-refractivity contribution >= 4 is 16.9 Å². The summed E-state index contributed by atoms with van der Waals surface area (Å²) in [6.07, 6.45) is 0.426. The third-order valence-corrected chi connectivity index (χ3v) is 2.60. The van der Waals surface area contributed by atoms with Crippen molar-refractivity contribution in [1.29, 1.82) is 0 Å². The van der Waals surface area contributed by atoms with Gasteiger partial charge in [0, 0.05) is 0 Å². The first kappa shape index (κ1) is 10.5. The zero-order chi connectivity index (χ0) is 11.7. The number of carboxylic acid groups (broad SMARTS) is 1. The molecule has 0 aliphatic carbocycles. The van der Waals surface area contributed by atoms with E-state index in [1.165, 1.54) is 0 Å². The van der Waals surface area contributed by atoms with Crippen molar-refractivity contribution in [2.75, 3.05) is 0 Å². The molecule has 3 N–H and O–H groups in total. The molecule has 0 amide bonds. The first-order chi connectivity index (χ1) is 7.58. The van der Waals surface area contributed by atoms with Crippen LogP contribution in [-0.4, -0.2) is 21.3 Å². The summed E-state index contributed by atoms with van der Waals surface area (Å²) >= 11 is 0. The van der Waals surface area contributed by atoms with Crippen molar-refractivity contribution < 1.29 is 9.90 Å². The predicted molar refractivity (Wildman–Crippen MR) is 59.4 cm³/mol. The van der Waals surface area contributed by atoms with Gasteiger partial charge in [0.25, 0.3) is 5.56 Å². The summed E-state index contributed by atoms with van der Waals surface area (Å²) < 4.78 is 0. The second-order valence-electron chi connectivity index (χ2n) is 3.90. The average molecular weight is 220 g/mol. The van der Waals surface area contributed by atoms with Gasteiger partial charge in [0.2, 0.25) is 0 Å². The second-order valence-corrected chi connectivity index (χ2v) is 3.90. The van der Waals surface area contributed by atoms with Crippen LogP contribution < -0.4 is 5.56 Å². The van der Waals surface area contributed by atoms with Crippen LogP contribution in [0.25, 0.3) is 10.9 Å². The maximum atomic E-state index is 11.3. The van der Waals surface area contributed by atoms with Crippen LogP contribution in [0.5, 0.6) is 0 Å². The summed E-state index contributed by atoms with van der Waals surface area (Å²) in [5, 5.41) is 14.6. The van der Waals surface area contributed by atoms with Gasteiger partial charge in [-0.25, -0.2) is 0 Å². The van der Waals surface area contributed by atoms with E-state index in [2.05, 4.69) is 10.2 Å². The molecule has 5 nitrogen and oxygen atoms in total. The molecule has 1 aromatic carbocycles. The van der Waals surface area contributed by atoms with Crippen LogP contribution in [0.3, 0.4) is 0 Å². The normalized spacial score (nSPS) is 12.8. The van der Waals surface area contributed by atoms with E-state index in [1.54, 1.807) is 19.1 Å². The Morgan fingerprint density at radius 1 is 1.44 bits per heavy atom. The number of carboxylic acids is 1. The lowest BCUT2D eigenvalue weighted by molar-refractivity contribution is -0.141. The Kier molecular flexibility index (Phi) is 2.52. The van der Waals surface area contributed by atoms with E-state index < -0.39 is 11.9 Å². The third kappa shape index (κ3) is 1.84. The smallest absolute Gasteiger partial charge is 0.306 e. The molecule has 1 aromatic heterocycles. The van der Waals surface area contributed by atoms with Crippen molar-refractivity contribution in [3.05, 3.63) is 34.1 Å². The predicted octanol–water partition coefficient (Wildman–Crippen LogP) is 1.12. The van der Waals surface area contributed by atoms with E-state index in [-0.39, 0.29) is 5.56 Å². The first-order valence-electron chi connectivity index (χ1n) is 5.00. The quantitative estimate of drug-likeness (QED) is 0.724. The fourth-order valence-corrected chi connectivity index (χ4v) is 1.65. The lowest BCUT2D eigenvalue weighted by atomic mass is 10.0. The molecule has 1 atom stereocenters. The Morgan fingerprint density at radius 2 is 2.19 bits per heavy atom. The fraction of sp³-hybridized carbons (Fsp3) is 0.273. The minimum Gasteiger partial charge on any atom is -0.481 e. The highest BCUT2D eigenvalue weighted by atomic mass is 16.4. The Balaban J connectivity index is 2.35. The van der Waals surface area contributed by atoms with E-state index in [4.69, 9.17) is 5.11 Å². The van der Waals surface area contributed by atoms with Crippen LogP contribution >= 0.6 is 0 Å². The van der Waals surface area contributed by atoms with Crippen molar-refractivity contribution in [2.24, 2.45) is 5.92 Å². The molecule has 1 heterocycles. The number of fused-ring (bicyclic) bond motifs is 1. The standard InChI is InChI=1S/C11H12N2O3/c1-6(11(15)16)4-7-2-3-9-8(5-7)10(14)13-12-9/h2-3,5-6H,4H2,1H3,(H,15,16)(H2,12,13,14). The number of nitrogens with one attached hydrogen (secondary N) is 2. The lowest BCUT2D eigenvalue weighted by Gasteiger charge is -2.05. The number of aromatic nitrogens is 2. The van der Waals surface area contributed by atoms with Crippen molar-refractivity contribution in [3.8, 4) is 0 Å². The van der Waals surface area contributed by atoms with Crippen LogP contribution in [0.2, 0.25) is 0 Å². The van der Waals surface area contributed by atoms with Gasteiger partial charge in [-0.3, -0.25) is 19.8 Å². The van der Waals surface area contributed by atoms with Crippen LogP contribution in [0.1, 0.15) is 12.5 Å². The van der Waals surface area contributed by atoms with Crippen LogP contribution in [0.4, 0.5) is 0 Å². The number of hydrogen-bond acceptors (Lipinski definition) is 2. The van der Waals surface area contributed by atoms with Gasteiger partial charge in [-0.1, -0.05) is 13.0 Å². The first-order valence-corrected chi connectivity index (χ1v) is 5.00. The minimum atomic E-state index is -0.830. The molecule has 84 valence electrons. The summed E-state index contributed by atoms with van der Waals surface area (Å²) in [4.78, 5) is 22.1. The van der Waals surface area contributed by atoms with E-state index in [9.17, 15) is 9.59 Å². The minimum absolute atomic E-state index is 0.181. The monoisotopic (exact) mass is 220 g/mol. The van der Waals surface area contributed by atoms with Crippen LogP contribution in [0, 0.1) is 5.92 Å². The summed E-state index contributed by atoms with van der Waals surface area (Å²) in [7, 11) is 0. The highest BCUT2D eigenvalue weighted by Crippen LogP contribution is 2.13. The Hall–Kier alpha value is -2.04. The van der Waals surface area contributed by atoms with Crippen molar-refractivity contribution in [2.45, 2.75) is 13.3 Å². The highest BCUT2D eigenvalue weighted by molar-refractivity contribution is 5.78. The SMILES string of the molecule is CC(Cc1ccc2[nH][nH]c(=O)c2c1)C(=O)O. The van der Waals surface area contributed by atoms with E-state index >= 15 is 0 Å². The summed E-state index contributed by atoms with van der Waals surface area (Å²) in [5.74, 6) is -1.28. The largest absolute Gasteiger partial charge is 0.481 e. The second kappa shape index (κ2) is 3.84. The van der Waals surface area contributed by atoms with Gasteiger partial charge in [0.1, 0.15) is 0 Å². The number of benzene rings is 1. The maximum absolute atomic E-state index is 11.3. The topological polar surface area (TPSA) is 86.0 Å². The number of aliphatic carboxylic acids is 1. The molecule has 0 saturated heterocycles. The lowest BCUT2D eigenvalue weighted by Crippen LogP contribution is -2.12. The molecule has 5 heteroatoms. The van der Waals surface area contributed by atoms with E-state index in [0.717, 1.165) is 11.1 Å². The molecular weight excluding hydrogens is 208 g/mol. The number of rotatable bonds is 3. The Bertz CT molecular complexity index is 582. The van der Waals surface area contributed by atoms with Crippen LogP contribution in [-0.2, 0) is 11.2 Å². The summed E-state index contributed by atoms with van der Waals surface area (Å²) in [6.45, 7) is 1.65. The van der Waals surface area contributed by atoms with E-state index in [1.807, 2.05) is 6.07 Å². The van der Waals surface area contributed by atoms with Gasteiger partial charge < -0.3 is 5.11 Å². The molecular formula is C11H12N2O3. The molecule has 0 spiro atoms. The number of hydrogen-bond donors (Lipinski definition) is 3. The van der Waals surface area contributed by atoms with Gasteiger partial charge in [-0.15, -0.1) is 0 Å². The molecule has 0 aliphatic heterocycles. The van der Waals surface area contributed by atoms with Crippen LogP contribution in [0.15, 0.2) is 23.0 Å². The Morgan fingerprint density at radius 3 is 2.88 bits per heavy atom. The number of aromatic amines is 2. The molecule has 0 bridgehead atoms. The zero-order valence-corrected chi connectivity index (χ0v) is 8.78. The molecule has 0 saturated carbocycles. The maximum Gasteiger partial charge on any atom is 0.306 e. The molecule has 2 rings (SSSR count). The van der Waals surface area contributed by atoms with Crippen molar-refractivity contribution in [1.82, 2.24) is 10.2 Å². The molecule has 16 heavy (non-hydrogen) atoms. The van der Waals surface area contributed by atoms with Gasteiger partial charge in [0.05, 0.1) is 16.8 Å². The average Bonchev–Trinajstić information content (AvgIpc) is 2.60. The zero-order valence-electron chi connectivity index (χ0n) is 8.78. The van der Waals surface area contributed by atoms with Gasteiger partial charge in [-0.05, 0) is 24.1 Å². The molecule has 2 aromatic rings. The van der Waals surface area contributed by atoms with E-state index in [0.29, 0.717) is 11.8 Å². The summed E-state index contributed by atoms with van der Waals surface area (Å²) in [6, 6.07) is 5.33. The van der Waals surface area contributed by atoms with Gasteiger partial charge >= 0.3 is 5.97 Å². The third-order valence-electron chi connectivity index (χ3n) is 2.60. The Labute approximate surface area is 91.1 Å². The fourth-order valence-electron chi connectivity index (χ4n) is 1.65. The highest BCUT2D eigenvalue weighted by Gasteiger charge is 2.12.